The number of hydrogen-bond donors (Lipinski definition) is 1. The van der Waals surface area contributed by atoms with Gasteiger partial charge in [-0.1, -0.05) is 51.1 Å². The Kier molecular flexibility index (Phi) is 4.12. The topological polar surface area (TPSA) is 38.3 Å². The summed E-state index contributed by atoms with van der Waals surface area (Å²) in [5.74, 6) is 0.833. The van der Waals surface area contributed by atoms with Gasteiger partial charge in [0.1, 0.15) is 5.75 Å². The molecule has 0 saturated carbocycles. The Hall–Kier alpha value is -2.29. The second kappa shape index (κ2) is 6.07. The summed E-state index contributed by atoms with van der Waals surface area (Å²) in [6.45, 7) is 7.13. The van der Waals surface area contributed by atoms with Crippen molar-refractivity contribution in [3.8, 4) is 5.75 Å². The van der Waals surface area contributed by atoms with Gasteiger partial charge in [-0.25, -0.2) is 0 Å². The largest absolute Gasteiger partial charge is 0.493 e. The van der Waals surface area contributed by atoms with E-state index in [-0.39, 0.29) is 17.4 Å². The van der Waals surface area contributed by atoms with Gasteiger partial charge >= 0.3 is 0 Å². The molecule has 1 aliphatic rings. The summed E-state index contributed by atoms with van der Waals surface area (Å²) >= 11 is 0. The highest BCUT2D eigenvalue weighted by Crippen LogP contribution is 2.31. The second-order valence-electron chi connectivity index (χ2n) is 7.03. The molecule has 0 spiro atoms. The lowest BCUT2D eigenvalue weighted by Crippen LogP contribution is -2.32. The van der Waals surface area contributed by atoms with Gasteiger partial charge in [-0.2, -0.15) is 0 Å². The van der Waals surface area contributed by atoms with Crippen LogP contribution >= 0.6 is 0 Å². The molecule has 3 heteroatoms. The third kappa shape index (κ3) is 3.39. The highest BCUT2D eigenvalue weighted by atomic mass is 16.5. The summed E-state index contributed by atoms with van der Waals surface area (Å²) in [7, 11) is 0. The molecule has 0 bridgehead atoms. The van der Waals surface area contributed by atoms with Gasteiger partial charge in [-0.15, -0.1) is 0 Å². The number of carbonyl (C=O) groups excluding carboxylic acids is 1. The molecule has 1 N–H and O–H groups in total. The molecule has 0 aromatic heterocycles. The quantitative estimate of drug-likeness (QED) is 0.901. The van der Waals surface area contributed by atoms with E-state index in [0.29, 0.717) is 12.2 Å². The zero-order valence-corrected chi connectivity index (χ0v) is 13.9. The van der Waals surface area contributed by atoms with Gasteiger partial charge in [0.05, 0.1) is 12.6 Å². The summed E-state index contributed by atoms with van der Waals surface area (Å²) in [4.78, 5) is 12.5. The van der Waals surface area contributed by atoms with Crippen LogP contribution in [0.15, 0.2) is 48.5 Å². The van der Waals surface area contributed by atoms with Crippen molar-refractivity contribution in [2.24, 2.45) is 0 Å². The number of ether oxygens (including phenoxy) is 1. The lowest BCUT2D eigenvalue weighted by molar-refractivity contribution is 0.0924. The summed E-state index contributed by atoms with van der Waals surface area (Å²) in [6, 6.07) is 15.8. The molecule has 3 nitrogen and oxygen atoms in total. The molecular formula is C20H23NO2. The molecule has 2 aromatic rings. The monoisotopic (exact) mass is 309 g/mol. The highest BCUT2D eigenvalue weighted by Gasteiger charge is 2.23. The van der Waals surface area contributed by atoms with Gasteiger partial charge in [0.25, 0.3) is 5.91 Å². The van der Waals surface area contributed by atoms with Crippen molar-refractivity contribution in [1.29, 1.82) is 0 Å². The molecule has 1 heterocycles. The van der Waals surface area contributed by atoms with Crippen molar-refractivity contribution in [2.45, 2.75) is 38.6 Å². The maximum Gasteiger partial charge on any atom is 0.251 e. The number of nitrogens with one attached hydrogen (secondary N) is 1. The average Bonchev–Trinajstić information content (AvgIpc) is 2.54. The fraction of sp³-hybridized carbons (Fsp3) is 0.350. The van der Waals surface area contributed by atoms with Gasteiger partial charge < -0.3 is 10.1 Å². The summed E-state index contributed by atoms with van der Waals surface area (Å²) in [5.41, 5.74) is 3.07. The SMILES string of the molecule is CC(C)(C)c1ccc(C(=O)NC2CCOc3ccccc32)cc1. The first-order valence-corrected chi connectivity index (χ1v) is 8.08. The van der Waals surface area contributed by atoms with E-state index in [2.05, 4.69) is 26.1 Å². The normalized spacial score (nSPS) is 17.1. The predicted molar refractivity (Wildman–Crippen MR) is 91.9 cm³/mol. The fourth-order valence-electron chi connectivity index (χ4n) is 2.86. The molecule has 0 aliphatic carbocycles. The Balaban J connectivity index is 1.75. The van der Waals surface area contributed by atoms with Gasteiger partial charge in [0, 0.05) is 17.5 Å². The third-order valence-corrected chi connectivity index (χ3v) is 4.28. The van der Waals surface area contributed by atoms with Crippen LogP contribution in [0.5, 0.6) is 5.75 Å². The van der Waals surface area contributed by atoms with E-state index >= 15 is 0 Å². The first-order valence-electron chi connectivity index (χ1n) is 8.08. The van der Waals surface area contributed by atoms with Crippen LogP contribution in [0.1, 0.15) is 54.7 Å². The van der Waals surface area contributed by atoms with Crippen LogP contribution in [0.4, 0.5) is 0 Å². The third-order valence-electron chi connectivity index (χ3n) is 4.28. The van der Waals surface area contributed by atoms with E-state index < -0.39 is 0 Å². The van der Waals surface area contributed by atoms with Crippen LogP contribution in [-0.4, -0.2) is 12.5 Å². The van der Waals surface area contributed by atoms with Crippen LogP contribution in [0, 0.1) is 0 Å². The minimum atomic E-state index is -0.0350. The summed E-state index contributed by atoms with van der Waals surface area (Å²) in [5, 5.41) is 3.13. The lowest BCUT2D eigenvalue weighted by atomic mass is 9.86. The van der Waals surface area contributed by atoms with Crippen molar-refractivity contribution in [2.75, 3.05) is 6.61 Å². The van der Waals surface area contributed by atoms with Crippen LogP contribution < -0.4 is 10.1 Å². The second-order valence-corrected chi connectivity index (χ2v) is 7.03. The summed E-state index contributed by atoms with van der Waals surface area (Å²) < 4.78 is 5.64. The molecule has 120 valence electrons. The van der Waals surface area contributed by atoms with E-state index in [1.165, 1.54) is 5.56 Å². The van der Waals surface area contributed by atoms with Crippen LogP contribution in [0.2, 0.25) is 0 Å². The zero-order chi connectivity index (χ0) is 16.4. The maximum absolute atomic E-state index is 12.5. The van der Waals surface area contributed by atoms with Crippen molar-refractivity contribution < 1.29 is 9.53 Å². The molecule has 0 radical (unpaired) electrons. The van der Waals surface area contributed by atoms with Gasteiger partial charge in [-0.3, -0.25) is 4.79 Å². The smallest absolute Gasteiger partial charge is 0.251 e. The Bertz CT molecular complexity index is 698. The van der Waals surface area contributed by atoms with Gasteiger partial charge in [-0.05, 0) is 29.2 Å². The molecule has 1 unspecified atom stereocenters. The Morgan fingerprint density at radius 3 is 2.48 bits per heavy atom. The molecule has 1 amide bonds. The molecule has 0 saturated heterocycles. The van der Waals surface area contributed by atoms with Crippen LogP contribution in [0.25, 0.3) is 0 Å². The minimum absolute atomic E-state index is 0.00902. The van der Waals surface area contributed by atoms with Crippen molar-refractivity contribution in [1.82, 2.24) is 5.32 Å². The number of benzene rings is 2. The Morgan fingerprint density at radius 2 is 1.78 bits per heavy atom. The standard InChI is InChI=1S/C20H23NO2/c1-20(2,3)15-10-8-14(9-11-15)19(22)21-17-12-13-23-18-7-5-4-6-16(17)18/h4-11,17H,12-13H2,1-3H3,(H,21,22). The van der Waals surface area contributed by atoms with E-state index in [0.717, 1.165) is 17.7 Å². The molecule has 1 atom stereocenters. The van der Waals surface area contributed by atoms with E-state index in [1.807, 2.05) is 48.5 Å². The fourth-order valence-corrected chi connectivity index (χ4v) is 2.86. The maximum atomic E-state index is 12.5. The predicted octanol–water partition coefficient (Wildman–Crippen LogP) is 4.24. The van der Waals surface area contributed by atoms with Crippen molar-refractivity contribution >= 4 is 5.91 Å². The number of fused-ring (bicyclic) bond motifs is 1. The van der Waals surface area contributed by atoms with E-state index in [9.17, 15) is 4.79 Å². The minimum Gasteiger partial charge on any atom is -0.493 e. The summed E-state index contributed by atoms with van der Waals surface area (Å²) in [6.07, 6.45) is 0.794. The van der Waals surface area contributed by atoms with Crippen LogP contribution in [0.3, 0.4) is 0 Å². The van der Waals surface area contributed by atoms with E-state index in [4.69, 9.17) is 4.74 Å². The van der Waals surface area contributed by atoms with Crippen molar-refractivity contribution in [3.63, 3.8) is 0 Å². The Morgan fingerprint density at radius 1 is 1.09 bits per heavy atom. The Labute approximate surface area is 137 Å². The lowest BCUT2D eigenvalue weighted by Gasteiger charge is -2.26. The number of hydrogen-bond acceptors (Lipinski definition) is 2. The average molecular weight is 309 g/mol. The first-order chi connectivity index (χ1) is 10.9. The molecule has 1 aliphatic heterocycles. The molecule has 0 fully saturated rings. The van der Waals surface area contributed by atoms with Gasteiger partial charge in [0.15, 0.2) is 0 Å². The zero-order valence-electron chi connectivity index (χ0n) is 13.9. The molecular weight excluding hydrogens is 286 g/mol. The van der Waals surface area contributed by atoms with Gasteiger partial charge in [0.2, 0.25) is 0 Å². The number of rotatable bonds is 2. The first kappa shape index (κ1) is 15.6. The number of carbonyl (C=O) groups is 1. The highest BCUT2D eigenvalue weighted by molar-refractivity contribution is 5.94. The molecule has 3 rings (SSSR count). The number of amides is 1. The number of para-hydroxylation sites is 1. The van der Waals surface area contributed by atoms with E-state index in [1.54, 1.807) is 0 Å². The molecule has 2 aromatic carbocycles. The van der Waals surface area contributed by atoms with Crippen molar-refractivity contribution in [3.05, 3.63) is 65.2 Å². The van der Waals surface area contributed by atoms with Crippen LogP contribution in [-0.2, 0) is 5.41 Å². The molecule has 23 heavy (non-hydrogen) atoms.